The van der Waals surface area contributed by atoms with Crippen LogP contribution in [0.2, 0.25) is 5.02 Å². The number of fused-ring (bicyclic) bond motifs is 1. The minimum atomic E-state index is -0.560. The third kappa shape index (κ3) is 2.73. The predicted molar refractivity (Wildman–Crippen MR) is 89.0 cm³/mol. The van der Waals surface area contributed by atoms with Crippen molar-refractivity contribution >= 4 is 44.7 Å². The molecule has 0 radical (unpaired) electrons. The molecule has 118 valence electrons. The summed E-state index contributed by atoms with van der Waals surface area (Å²) in [5.74, 6) is -0.953. The molecule has 0 atom stereocenters. The van der Waals surface area contributed by atoms with Gasteiger partial charge in [0.05, 0.1) is 21.6 Å². The first-order chi connectivity index (χ1) is 10.9. The van der Waals surface area contributed by atoms with Gasteiger partial charge in [-0.1, -0.05) is 11.6 Å². The van der Waals surface area contributed by atoms with Gasteiger partial charge in [-0.2, -0.15) is 0 Å². The van der Waals surface area contributed by atoms with Gasteiger partial charge in [0, 0.05) is 12.7 Å². The topological polar surface area (TPSA) is 64.0 Å². The predicted octanol–water partition coefficient (Wildman–Crippen LogP) is 3.35. The smallest absolute Gasteiger partial charge is 0.266 e. The van der Waals surface area contributed by atoms with Gasteiger partial charge < -0.3 is 9.88 Å². The molecule has 0 unspecified atom stereocenters. The van der Waals surface area contributed by atoms with Crippen molar-refractivity contribution in [1.82, 2.24) is 9.55 Å². The summed E-state index contributed by atoms with van der Waals surface area (Å²) in [5.41, 5.74) is 0.746. The van der Waals surface area contributed by atoms with Crippen LogP contribution >= 0.6 is 22.9 Å². The Balaban J connectivity index is 2.01. The second-order valence-electron chi connectivity index (χ2n) is 4.98. The van der Waals surface area contributed by atoms with Crippen LogP contribution in [0.15, 0.2) is 29.3 Å². The lowest BCUT2D eigenvalue weighted by Crippen LogP contribution is -2.17. The number of nitrogens with zero attached hydrogens (tertiary/aromatic N) is 2. The molecule has 3 rings (SSSR count). The number of carbonyl (C=O) groups is 1. The van der Waals surface area contributed by atoms with Gasteiger partial charge in [-0.05, 0) is 30.7 Å². The average molecular weight is 352 g/mol. The number of nitrogens with one attached hydrogen (secondary N) is 1. The number of aromatic nitrogens is 2. The summed E-state index contributed by atoms with van der Waals surface area (Å²) in [6, 6.07) is 3.92. The Kier molecular flexibility index (Phi) is 3.91. The number of rotatable bonds is 2. The molecule has 2 heterocycles. The highest BCUT2D eigenvalue weighted by Crippen LogP contribution is 2.28. The van der Waals surface area contributed by atoms with E-state index in [4.69, 9.17) is 11.6 Å². The number of halogens is 2. The van der Waals surface area contributed by atoms with Crippen molar-refractivity contribution in [2.24, 2.45) is 7.05 Å². The molecule has 5 nitrogen and oxygen atoms in total. The number of anilines is 1. The van der Waals surface area contributed by atoms with E-state index in [1.165, 1.54) is 29.1 Å². The summed E-state index contributed by atoms with van der Waals surface area (Å²) < 4.78 is 14.5. The average Bonchev–Trinajstić information content (AvgIpc) is 2.84. The fourth-order valence-corrected chi connectivity index (χ4v) is 3.40. The van der Waals surface area contributed by atoms with Crippen LogP contribution in [0.4, 0.5) is 10.1 Å². The number of amides is 1. The molecule has 1 amide bonds. The van der Waals surface area contributed by atoms with Crippen molar-refractivity contribution < 1.29 is 9.18 Å². The van der Waals surface area contributed by atoms with Gasteiger partial charge in [0.2, 0.25) is 0 Å². The van der Waals surface area contributed by atoms with E-state index in [1.54, 1.807) is 14.0 Å². The first kappa shape index (κ1) is 15.6. The third-order valence-corrected chi connectivity index (χ3v) is 4.88. The zero-order chi connectivity index (χ0) is 16.7. The number of aryl methyl sites for hydroxylation is 2. The third-order valence-electron chi connectivity index (χ3n) is 3.39. The van der Waals surface area contributed by atoms with Crippen LogP contribution in [-0.4, -0.2) is 15.5 Å². The molecule has 0 aliphatic carbocycles. The van der Waals surface area contributed by atoms with E-state index < -0.39 is 11.7 Å². The van der Waals surface area contributed by atoms with Crippen LogP contribution in [0.3, 0.4) is 0 Å². The van der Waals surface area contributed by atoms with Crippen LogP contribution in [-0.2, 0) is 7.05 Å². The first-order valence-electron chi connectivity index (χ1n) is 6.59. The van der Waals surface area contributed by atoms with Crippen LogP contribution in [0.5, 0.6) is 0 Å². The first-order valence-corrected chi connectivity index (χ1v) is 7.79. The highest BCUT2D eigenvalue weighted by molar-refractivity contribution is 7.20. The van der Waals surface area contributed by atoms with E-state index in [1.807, 2.05) is 0 Å². The van der Waals surface area contributed by atoms with Crippen LogP contribution in [0.25, 0.3) is 10.2 Å². The van der Waals surface area contributed by atoms with Gasteiger partial charge in [0.15, 0.2) is 0 Å². The molecule has 23 heavy (non-hydrogen) atoms. The summed E-state index contributed by atoms with van der Waals surface area (Å²) in [6.45, 7) is 1.70. The van der Waals surface area contributed by atoms with Crippen molar-refractivity contribution in [3.8, 4) is 0 Å². The van der Waals surface area contributed by atoms with E-state index in [9.17, 15) is 14.0 Å². The summed E-state index contributed by atoms with van der Waals surface area (Å²) in [4.78, 5) is 29.6. The van der Waals surface area contributed by atoms with Crippen molar-refractivity contribution in [3.05, 3.63) is 56.2 Å². The Labute approximate surface area is 139 Å². The van der Waals surface area contributed by atoms with Crippen LogP contribution < -0.4 is 10.9 Å². The van der Waals surface area contributed by atoms with E-state index >= 15 is 0 Å². The molecule has 0 saturated carbocycles. The molecular weight excluding hydrogens is 341 g/mol. The van der Waals surface area contributed by atoms with Gasteiger partial charge in [-0.25, -0.2) is 9.37 Å². The van der Waals surface area contributed by atoms with Crippen LogP contribution in [0, 0.1) is 12.7 Å². The Morgan fingerprint density at radius 1 is 1.43 bits per heavy atom. The molecule has 8 heteroatoms. The zero-order valence-corrected chi connectivity index (χ0v) is 13.8. The number of benzene rings is 1. The number of hydrogen-bond acceptors (Lipinski definition) is 4. The molecular formula is C15H11ClFN3O2S. The molecule has 0 fully saturated rings. The highest BCUT2D eigenvalue weighted by Gasteiger charge is 2.19. The lowest BCUT2D eigenvalue weighted by atomic mass is 10.2. The van der Waals surface area contributed by atoms with Gasteiger partial charge in [0.25, 0.3) is 11.5 Å². The number of thiophene rings is 1. The molecule has 0 spiro atoms. The zero-order valence-electron chi connectivity index (χ0n) is 12.2. The maximum atomic E-state index is 13.2. The molecule has 2 aromatic heterocycles. The normalized spacial score (nSPS) is 11.0. The molecule has 0 bridgehead atoms. The molecule has 0 aliphatic heterocycles. The molecule has 1 N–H and O–H groups in total. The van der Waals surface area contributed by atoms with E-state index in [0.717, 1.165) is 11.3 Å². The lowest BCUT2D eigenvalue weighted by molar-refractivity contribution is 0.103. The Bertz CT molecular complexity index is 996. The Morgan fingerprint density at radius 2 is 2.17 bits per heavy atom. The van der Waals surface area contributed by atoms with Crippen LogP contribution in [0.1, 0.15) is 15.2 Å². The number of carbonyl (C=O) groups excluding carboxylic acids is 1. The minimum absolute atomic E-state index is 0.0774. The minimum Gasteiger partial charge on any atom is -0.321 e. The van der Waals surface area contributed by atoms with Gasteiger partial charge in [0.1, 0.15) is 10.6 Å². The fourth-order valence-electron chi connectivity index (χ4n) is 2.19. The maximum absolute atomic E-state index is 13.2. The Morgan fingerprint density at radius 3 is 2.87 bits per heavy atom. The quantitative estimate of drug-likeness (QED) is 0.770. The molecule has 3 aromatic rings. The van der Waals surface area contributed by atoms with Gasteiger partial charge in [-0.15, -0.1) is 11.3 Å². The van der Waals surface area contributed by atoms with Crippen molar-refractivity contribution in [2.45, 2.75) is 6.92 Å². The van der Waals surface area contributed by atoms with Gasteiger partial charge in [-0.3, -0.25) is 9.59 Å². The second kappa shape index (κ2) is 5.75. The Hall–Kier alpha value is -2.25. The summed E-state index contributed by atoms with van der Waals surface area (Å²) >= 11 is 6.84. The largest absolute Gasteiger partial charge is 0.321 e. The fraction of sp³-hybridized carbons (Fsp3) is 0.133. The summed E-state index contributed by atoms with van der Waals surface area (Å²) in [7, 11) is 1.60. The van der Waals surface area contributed by atoms with Crippen molar-refractivity contribution in [2.75, 3.05) is 5.32 Å². The maximum Gasteiger partial charge on any atom is 0.266 e. The standard InChI is InChI=1S/C15H11ClFN3O2S/c1-7-11-14(18-6-20(2)15(11)22)23-12(7)13(21)19-8-3-4-10(17)9(16)5-8/h3-6H,1-2H3,(H,19,21). The van der Waals surface area contributed by atoms with Crippen molar-refractivity contribution in [1.29, 1.82) is 0 Å². The van der Waals surface area contributed by atoms with E-state index in [-0.39, 0.29) is 10.6 Å². The highest BCUT2D eigenvalue weighted by atomic mass is 35.5. The summed E-state index contributed by atoms with van der Waals surface area (Å²) in [5, 5.41) is 3.00. The summed E-state index contributed by atoms with van der Waals surface area (Å²) in [6.07, 6.45) is 1.42. The molecule has 0 aliphatic rings. The van der Waals surface area contributed by atoms with Gasteiger partial charge >= 0.3 is 0 Å². The SMILES string of the molecule is Cc1c(C(=O)Nc2ccc(F)c(Cl)c2)sc2ncn(C)c(=O)c12. The monoisotopic (exact) mass is 351 g/mol. The van der Waals surface area contributed by atoms with E-state index in [2.05, 4.69) is 10.3 Å². The lowest BCUT2D eigenvalue weighted by Gasteiger charge is -2.05. The number of hydrogen-bond donors (Lipinski definition) is 1. The van der Waals surface area contributed by atoms with E-state index in [0.29, 0.717) is 26.3 Å². The van der Waals surface area contributed by atoms with Crippen molar-refractivity contribution in [3.63, 3.8) is 0 Å². The second-order valence-corrected chi connectivity index (χ2v) is 6.39. The molecule has 1 aromatic carbocycles. The molecule has 0 saturated heterocycles.